The van der Waals surface area contributed by atoms with Crippen LogP contribution < -0.4 is 15.4 Å². The number of benzene rings is 2. The molecule has 2 aromatic carbocycles. The number of hydrogen-bond acceptors (Lipinski definition) is 5. The minimum absolute atomic E-state index is 0.163. The molecule has 9 heteroatoms. The highest BCUT2D eigenvalue weighted by molar-refractivity contribution is 9.10. The van der Waals surface area contributed by atoms with E-state index < -0.39 is 5.91 Å². The van der Waals surface area contributed by atoms with E-state index in [1.54, 1.807) is 65.5 Å². The summed E-state index contributed by atoms with van der Waals surface area (Å²) in [4.78, 5) is 25.0. The van der Waals surface area contributed by atoms with Crippen molar-refractivity contribution in [3.63, 3.8) is 0 Å². The van der Waals surface area contributed by atoms with Gasteiger partial charge in [0.15, 0.2) is 10.4 Å². The SMILES string of the molecule is O=C(Nc1cccc(OCCn2cccn2)c1)c1cccc(NC(=O)c2ccc(Br)o2)c1. The summed E-state index contributed by atoms with van der Waals surface area (Å²) >= 11 is 3.16. The summed E-state index contributed by atoms with van der Waals surface area (Å²) < 4.78 is 13.2. The van der Waals surface area contributed by atoms with E-state index in [1.807, 2.05) is 18.3 Å². The van der Waals surface area contributed by atoms with Crippen molar-refractivity contribution in [2.24, 2.45) is 0 Å². The Hall–Kier alpha value is -3.85. The van der Waals surface area contributed by atoms with Gasteiger partial charge in [-0.25, -0.2) is 0 Å². The molecule has 0 aliphatic heterocycles. The predicted molar refractivity (Wildman–Crippen MR) is 123 cm³/mol. The molecular formula is C23H19BrN4O4. The number of hydrogen-bond donors (Lipinski definition) is 2. The summed E-state index contributed by atoms with van der Waals surface area (Å²) in [5.74, 6) is 0.0837. The molecule has 2 heterocycles. The summed E-state index contributed by atoms with van der Waals surface area (Å²) in [7, 11) is 0. The number of nitrogens with zero attached hydrogens (tertiary/aromatic N) is 2. The normalized spacial score (nSPS) is 10.5. The smallest absolute Gasteiger partial charge is 0.291 e. The van der Waals surface area contributed by atoms with Crippen molar-refractivity contribution in [3.8, 4) is 5.75 Å². The molecule has 2 N–H and O–H groups in total. The Bertz CT molecular complexity index is 1220. The summed E-state index contributed by atoms with van der Waals surface area (Å²) in [6.45, 7) is 1.07. The van der Waals surface area contributed by atoms with E-state index in [-0.39, 0.29) is 11.7 Å². The number of carbonyl (C=O) groups is 2. The number of furan rings is 1. The Morgan fingerprint density at radius 1 is 0.969 bits per heavy atom. The molecule has 0 bridgehead atoms. The maximum absolute atomic E-state index is 12.7. The first-order valence-corrected chi connectivity index (χ1v) is 10.5. The Kier molecular flexibility index (Phi) is 6.66. The van der Waals surface area contributed by atoms with Crippen LogP contribution in [0.15, 0.2) is 88.2 Å². The van der Waals surface area contributed by atoms with Crippen molar-refractivity contribution >= 4 is 39.1 Å². The maximum atomic E-state index is 12.7. The van der Waals surface area contributed by atoms with Crippen LogP contribution in [0, 0.1) is 0 Å². The van der Waals surface area contributed by atoms with Crippen molar-refractivity contribution in [2.75, 3.05) is 17.2 Å². The van der Waals surface area contributed by atoms with Crippen LogP contribution in [0.1, 0.15) is 20.9 Å². The first-order chi connectivity index (χ1) is 15.6. The molecule has 0 radical (unpaired) electrons. The molecule has 2 amide bonds. The second kappa shape index (κ2) is 9.97. The molecule has 32 heavy (non-hydrogen) atoms. The number of halogens is 1. The quantitative estimate of drug-likeness (QED) is 0.365. The third-order valence-corrected chi connectivity index (χ3v) is 4.85. The molecule has 0 aliphatic carbocycles. The maximum Gasteiger partial charge on any atom is 0.291 e. The summed E-state index contributed by atoms with van der Waals surface area (Å²) in [5, 5.41) is 9.69. The highest BCUT2D eigenvalue weighted by atomic mass is 79.9. The third-order valence-electron chi connectivity index (χ3n) is 4.42. The number of ether oxygens (including phenoxy) is 1. The van der Waals surface area contributed by atoms with Crippen LogP contribution in [-0.4, -0.2) is 28.2 Å². The molecule has 0 spiro atoms. The first kappa shape index (κ1) is 21.4. The number of rotatable bonds is 8. The van der Waals surface area contributed by atoms with E-state index in [0.717, 1.165) is 0 Å². The number of aromatic nitrogens is 2. The molecule has 8 nitrogen and oxygen atoms in total. The van der Waals surface area contributed by atoms with Gasteiger partial charge in [0, 0.05) is 35.4 Å². The lowest BCUT2D eigenvalue weighted by molar-refractivity contribution is 0.0992. The first-order valence-electron chi connectivity index (χ1n) is 9.75. The molecule has 0 aliphatic rings. The van der Waals surface area contributed by atoms with Gasteiger partial charge in [-0.15, -0.1) is 0 Å². The summed E-state index contributed by atoms with van der Waals surface area (Å²) in [5.41, 5.74) is 1.47. The van der Waals surface area contributed by atoms with E-state index in [4.69, 9.17) is 9.15 Å². The highest BCUT2D eigenvalue weighted by Crippen LogP contribution is 2.20. The van der Waals surface area contributed by atoms with Crippen LogP contribution in [0.3, 0.4) is 0 Å². The van der Waals surface area contributed by atoms with E-state index in [9.17, 15) is 9.59 Å². The van der Waals surface area contributed by atoms with Crippen LogP contribution in [0.25, 0.3) is 0 Å². The molecule has 0 atom stereocenters. The molecule has 0 saturated carbocycles. The predicted octanol–water partition coefficient (Wildman–Crippen LogP) is 4.82. The van der Waals surface area contributed by atoms with Gasteiger partial charge in [0.05, 0.1) is 6.54 Å². The van der Waals surface area contributed by atoms with Crippen LogP contribution in [0.2, 0.25) is 0 Å². The molecule has 0 saturated heterocycles. The second-order valence-corrected chi connectivity index (χ2v) is 7.52. The van der Waals surface area contributed by atoms with Crippen LogP contribution in [0.4, 0.5) is 11.4 Å². The fourth-order valence-corrected chi connectivity index (χ4v) is 3.23. The molecule has 2 aromatic heterocycles. The van der Waals surface area contributed by atoms with Crippen molar-refractivity contribution in [1.82, 2.24) is 9.78 Å². The van der Waals surface area contributed by atoms with Gasteiger partial charge in [-0.1, -0.05) is 12.1 Å². The standard InChI is InChI=1S/C23H19BrN4O4/c24-21-9-8-20(32-21)23(30)27-17-5-1-4-16(14-17)22(29)26-18-6-2-7-19(15-18)31-13-12-28-11-3-10-25-28/h1-11,14-15H,12-13H2,(H,26,29)(H,27,30). The van der Waals surface area contributed by atoms with Gasteiger partial charge in [0.1, 0.15) is 12.4 Å². The fraction of sp³-hybridized carbons (Fsp3) is 0.0870. The topological polar surface area (TPSA) is 98.4 Å². The van der Waals surface area contributed by atoms with Gasteiger partial charge in [0.25, 0.3) is 11.8 Å². The van der Waals surface area contributed by atoms with Crippen molar-refractivity contribution in [1.29, 1.82) is 0 Å². The van der Waals surface area contributed by atoms with Gasteiger partial charge in [-0.3, -0.25) is 14.3 Å². The zero-order chi connectivity index (χ0) is 22.3. The van der Waals surface area contributed by atoms with Gasteiger partial charge in [-0.2, -0.15) is 5.10 Å². The van der Waals surface area contributed by atoms with Gasteiger partial charge < -0.3 is 19.8 Å². The monoisotopic (exact) mass is 494 g/mol. The Morgan fingerprint density at radius 3 is 2.50 bits per heavy atom. The number of carbonyl (C=O) groups excluding carboxylic acids is 2. The van der Waals surface area contributed by atoms with Gasteiger partial charge >= 0.3 is 0 Å². The lowest BCUT2D eigenvalue weighted by atomic mass is 10.1. The van der Waals surface area contributed by atoms with Crippen molar-refractivity contribution < 1.29 is 18.7 Å². The van der Waals surface area contributed by atoms with Gasteiger partial charge in [0.2, 0.25) is 0 Å². The average Bonchev–Trinajstić information content (AvgIpc) is 3.46. The van der Waals surface area contributed by atoms with Crippen LogP contribution >= 0.6 is 15.9 Å². The molecule has 0 fully saturated rings. The molecule has 162 valence electrons. The zero-order valence-corrected chi connectivity index (χ0v) is 18.4. The number of anilines is 2. The van der Waals surface area contributed by atoms with Crippen molar-refractivity contribution in [3.05, 3.63) is 95.1 Å². The molecule has 0 unspecified atom stereocenters. The minimum Gasteiger partial charge on any atom is -0.492 e. The number of amides is 2. The molecular weight excluding hydrogens is 476 g/mol. The zero-order valence-electron chi connectivity index (χ0n) is 16.8. The van der Waals surface area contributed by atoms with Crippen LogP contribution in [-0.2, 0) is 6.54 Å². The largest absolute Gasteiger partial charge is 0.492 e. The van der Waals surface area contributed by atoms with E-state index in [2.05, 4.69) is 31.7 Å². The minimum atomic E-state index is -0.409. The Balaban J connectivity index is 1.36. The fourth-order valence-electron chi connectivity index (χ4n) is 2.92. The lowest BCUT2D eigenvalue weighted by Gasteiger charge is -2.10. The van der Waals surface area contributed by atoms with E-state index >= 15 is 0 Å². The Morgan fingerprint density at radius 2 is 1.75 bits per heavy atom. The third kappa shape index (κ3) is 5.64. The average molecular weight is 495 g/mol. The molecule has 4 rings (SSSR count). The number of nitrogens with one attached hydrogen (secondary N) is 2. The van der Waals surface area contributed by atoms with E-state index in [0.29, 0.717) is 40.5 Å². The second-order valence-electron chi connectivity index (χ2n) is 6.74. The van der Waals surface area contributed by atoms with E-state index in [1.165, 1.54) is 0 Å². The van der Waals surface area contributed by atoms with Gasteiger partial charge in [-0.05, 0) is 64.5 Å². The van der Waals surface area contributed by atoms with Crippen LogP contribution in [0.5, 0.6) is 5.75 Å². The van der Waals surface area contributed by atoms with Crippen molar-refractivity contribution in [2.45, 2.75) is 6.54 Å². The summed E-state index contributed by atoms with van der Waals surface area (Å²) in [6, 6.07) is 18.8. The molecule has 4 aromatic rings. The highest BCUT2D eigenvalue weighted by Gasteiger charge is 2.13. The lowest BCUT2D eigenvalue weighted by Crippen LogP contribution is -2.14. The summed E-state index contributed by atoms with van der Waals surface area (Å²) in [6.07, 6.45) is 3.58. The Labute approximate surface area is 192 Å².